The molecule has 0 saturated carbocycles. The van der Waals surface area contributed by atoms with Crippen LogP contribution >= 0.6 is 0 Å². The van der Waals surface area contributed by atoms with Crippen molar-refractivity contribution >= 4 is 11.9 Å². The molecule has 5 heteroatoms. The fraction of sp³-hybridized carbons (Fsp3) is 0.889. The summed E-state index contributed by atoms with van der Waals surface area (Å²) in [5, 5.41) is 18.3. The van der Waals surface area contributed by atoms with Crippen molar-refractivity contribution < 1.29 is 71.2 Å². The molecule has 0 saturated heterocycles. The maximum absolute atomic E-state index is 10.0. The van der Waals surface area contributed by atoms with Gasteiger partial charge in [0.05, 0.1) is 0 Å². The summed E-state index contributed by atoms with van der Waals surface area (Å²) >= 11 is 0. The predicted octanol–water partition coefficient (Wildman–Crippen LogP) is 1.31. The van der Waals surface area contributed by atoms with Crippen molar-refractivity contribution in [2.75, 3.05) is 0 Å². The molecule has 0 aliphatic carbocycles. The van der Waals surface area contributed by atoms with Crippen LogP contribution in [0.5, 0.6) is 0 Å². The molecule has 0 aliphatic heterocycles. The molecule has 0 spiro atoms. The van der Waals surface area contributed by atoms with Crippen LogP contribution in [0, 0.1) is 0 Å². The van der Waals surface area contributed by atoms with E-state index >= 15 is 0 Å². The molecule has 1 N–H and O–H groups in total. The SMILES string of the molecule is CCCCCCCC(=O)O.CCCCCCCCCC(=O)[O-].[K+]. The van der Waals surface area contributed by atoms with Crippen LogP contribution in [0.1, 0.15) is 104 Å². The fourth-order valence-electron chi connectivity index (χ4n) is 2.11. The van der Waals surface area contributed by atoms with Gasteiger partial charge in [0.2, 0.25) is 0 Å². The number of hydrogen-bond donors (Lipinski definition) is 1. The molecule has 0 unspecified atom stereocenters. The van der Waals surface area contributed by atoms with E-state index in [1.54, 1.807) is 0 Å². The maximum atomic E-state index is 10.0. The van der Waals surface area contributed by atoms with Crippen LogP contribution in [0.4, 0.5) is 0 Å². The van der Waals surface area contributed by atoms with Gasteiger partial charge in [0.1, 0.15) is 0 Å². The summed E-state index contributed by atoms with van der Waals surface area (Å²) in [7, 11) is 0. The van der Waals surface area contributed by atoms with Gasteiger partial charge < -0.3 is 15.0 Å². The van der Waals surface area contributed by atoms with E-state index in [2.05, 4.69) is 13.8 Å². The zero-order valence-electron chi connectivity index (χ0n) is 15.6. The quantitative estimate of drug-likeness (QED) is 0.377. The van der Waals surface area contributed by atoms with E-state index in [-0.39, 0.29) is 57.8 Å². The van der Waals surface area contributed by atoms with Crippen LogP contribution in [0.2, 0.25) is 0 Å². The van der Waals surface area contributed by atoms with Gasteiger partial charge in [-0.1, -0.05) is 78.1 Å². The number of unbranched alkanes of at least 4 members (excludes halogenated alkanes) is 10. The van der Waals surface area contributed by atoms with E-state index < -0.39 is 11.9 Å². The number of aliphatic carboxylic acids is 2. The topological polar surface area (TPSA) is 77.4 Å². The molecule has 0 amide bonds. The largest absolute Gasteiger partial charge is 1.00 e. The summed E-state index contributed by atoms with van der Waals surface area (Å²) in [6.45, 7) is 4.34. The van der Waals surface area contributed by atoms with Gasteiger partial charge in [0.15, 0.2) is 0 Å². The van der Waals surface area contributed by atoms with Crippen LogP contribution in [0.15, 0.2) is 0 Å². The molecule has 4 nitrogen and oxygen atoms in total. The number of carbonyl (C=O) groups is 2. The van der Waals surface area contributed by atoms with Crippen molar-refractivity contribution in [1.82, 2.24) is 0 Å². The van der Waals surface area contributed by atoms with Crippen molar-refractivity contribution in [3.05, 3.63) is 0 Å². The summed E-state index contributed by atoms with van der Waals surface area (Å²) in [5.41, 5.74) is 0. The van der Waals surface area contributed by atoms with Crippen molar-refractivity contribution in [1.29, 1.82) is 0 Å². The number of carboxylic acids is 2. The summed E-state index contributed by atoms with van der Waals surface area (Å²) < 4.78 is 0. The van der Waals surface area contributed by atoms with Crippen molar-refractivity contribution in [2.45, 2.75) is 104 Å². The molecule has 0 heterocycles. The zero-order chi connectivity index (χ0) is 17.1. The minimum Gasteiger partial charge on any atom is -0.550 e. The first-order chi connectivity index (χ1) is 10.5. The first kappa shape index (κ1) is 28.4. The Kier molecular flexibility index (Phi) is 30.6. The average molecular weight is 355 g/mol. The molecule has 0 aromatic rings. The average Bonchev–Trinajstić information content (AvgIpc) is 2.46. The van der Waals surface area contributed by atoms with Gasteiger partial charge >= 0.3 is 57.4 Å². The second-order valence-corrected chi connectivity index (χ2v) is 5.80. The Bertz CT molecular complexity index is 257. The van der Waals surface area contributed by atoms with E-state index in [9.17, 15) is 14.7 Å². The fourth-order valence-corrected chi connectivity index (χ4v) is 2.11. The van der Waals surface area contributed by atoms with E-state index in [0.29, 0.717) is 6.42 Å². The van der Waals surface area contributed by atoms with Gasteiger partial charge in [-0.3, -0.25) is 4.79 Å². The molecule has 0 radical (unpaired) electrons. The second-order valence-electron chi connectivity index (χ2n) is 5.80. The van der Waals surface area contributed by atoms with Crippen LogP contribution in [0.3, 0.4) is 0 Å². The van der Waals surface area contributed by atoms with Crippen molar-refractivity contribution in [3.8, 4) is 0 Å². The Labute approximate surface area is 185 Å². The molecular formula is C18H35KO4. The molecule has 0 atom stereocenters. The molecule has 0 aromatic heterocycles. The molecule has 132 valence electrons. The molecular weight excluding hydrogens is 319 g/mol. The summed E-state index contributed by atoms with van der Waals surface area (Å²) in [6.07, 6.45) is 14.2. The molecule has 0 aromatic carbocycles. The third-order valence-corrected chi connectivity index (χ3v) is 3.48. The zero-order valence-corrected chi connectivity index (χ0v) is 18.7. The smallest absolute Gasteiger partial charge is 0.550 e. The van der Waals surface area contributed by atoms with Crippen molar-refractivity contribution in [2.24, 2.45) is 0 Å². The van der Waals surface area contributed by atoms with Gasteiger partial charge in [0.25, 0.3) is 0 Å². The summed E-state index contributed by atoms with van der Waals surface area (Å²) in [6, 6.07) is 0. The Morgan fingerprint density at radius 2 is 1.04 bits per heavy atom. The van der Waals surface area contributed by atoms with Crippen molar-refractivity contribution in [3.63, 3.8) is 0 Å². The van der Waals surface area contributed by atoms with Gasteiger partial charge in [-0.25, -0.2) is 0 Å². The first-order valence-corrected chi connectivity index (χ1v) is 8.96. The van der Waals surface area contributed by atoms with E-state index in [1.165, 1.54) is 51.4 Å². The summed E-state index contributed by atoms with van der Waals surface area (Å²) in [5.74, 6) is -1.58. The monoisotopic (exact) mass is 354 g/mol. The number of carbonyl (C=O) groups excluding carboxylic acids is 1. The third kappa shape index (κ3) is 34.8. The van der Waals surface area contributed by atoms with Gasteiger partial charge in [-0.2, -0.15) is 0 Å². The number of carboxylic acid groups (broad SMARTS) is 2. The Morgan fingerprint density at radius 1 is 0.696 bits per heavy atom. The molecule has 0 aliphatic rings. The minimum atomic E-state index is -0.913. The standard InChI is InChI=1S/C10H20O2.C8H16O2.K/c1-2-3-4-5-6-7-8-9-10(11)12;1-2-3-4-5-6-7-8(9)10;/h2-9H2,1H3,(H,11,12);2-7H2,1H3,(H,9,10);/q;;+1/p-1. The Morgan fingerprint density at radius 3 is 1.39 bits per heavy atom. The van der Waals surface area contributed by atoms with Gasteiger partial charge in [0, 0.05) is 12.4 Å². The number of hydrogen-bond acceptors (Lipinski definition) is 3. The summed E-state index contributed by atoms with van der Waals surface area (Å²) in [4.78, 5) is 20.1. The van der Waals surface area contributed by atoms with Gasteiger partial charge in [-0.15, -0.1) is 0 Å². The third-order valence-electron chi connectivity index (χ3n) is 3.48. The minimum absolute atomic E-state index is 0. The van der Waals surface area contributed by atoms with E-state index in [1.807, 2.05) is 0 Å². The maximum Gasteiger partial charge on any atom is 1.00 e. The Balaban J connectivity index is -0.000000338. The molecule has 0 rings (SSSR count). The van der Waals surface area contributed by atoms with Crippen LogP contribution in [-0.2, 0) is 9.59 Å². The second kappa shape index (κ2) is 24.8. The number of rotatable bonds is 14. The van der Waals surface area contributed by atoms with E-state index in [0.717, 1.165) is 25.7 Å². The van der Waals surface area contributed by atoms with Crippen LogP contribution in [-0.4, -0.2) is 17.0 Å². The predicted molar refractivity (Wildman–Crippen MR) is 88.6 cm³/mol. The van der Waals surface area contributed by atoms with E-state index in [4.69, 9.17) is 5.11 Å². The first-order valence-electron chi connectivity index (χ1n) is 8.96. The van der Waals surface area contributed by atoms with Crippen LogP contribution in [0.25, 0.3) is 0 Å². The normalized spacial score (nSPS) is 9.48. The molecule has 0 bridgehead atoms. The Hall–Kier alpha value is 0.576. The van der Waals surface area contributed by atoms with Crippen LogP contribution < -0.4 is 56.5 Å². The molecule has 0 fully saturated rings. The van der Waals surface area contributed by atoms with Gasteiger partial charge in [-0.05, 0) is 19.3 Å². The molecule has 23 heavy (non-hydrogen) atoms.